The number of nitrogens with one attached hydrogen (secondary N) is 1. The summed E-state index contributed by atoms with van der Waals surface area (Å²) in [5.41, 5.74) is 7.37. The minimum atomic E-state index is -0.0153. The second-order valence-corrected chi connectivity index (χ2v) is 9.26. The van der Waals surface area contributed by atoms with Gasteiger partial charge in [-0.15, -0.1) is 0 Å². The molecule has 3 heterocycles. The van der Waals surface area contributed by atoms with E-state index in [1.807, 2.05) is 36.1 Å². The predicted octanol–water partition coefficient (Wildman–Crippen LogP) is 5.00. The van der Waals surface area contributed by atoms with Gasteiger partial charge in [-0.25, -0.2) is 4.98 Å². The van der Waals surface area contributed by atoms with Crippen molar-refractivity contribution in [2.24, 2.45) is 10.9 Å². The molecule has 0 spiro atoms. The number of fused-ring (bicyclic) bond motifs is 2. The van der Waals surface area contributed by atoms with Crippen LogP contribution in [0.3, 0.4) is 0 Å². The van der Waals surface area contributed by atoms with E-state index >= 15 is 0 Å². The van der Waals surface area contributed by atoms with Gasteiger partial charge in [0.05, 0.1) is 11.0 Å². The molecule has 2 unspecified atom stereocenters. The Morgan fingerprint density at radius 2 is 1.94 bits per heavy atom. The van der Waals surface area contributed by atoms with Crippen LogP contribution in [-0.2, 0) is 11.3 Å². The Labute approximate surface area is 200 Å². The first-order valence-corrected chi connectivity index (χ1v) is 11.9. The number of imidazole rings is 1. The van der Waals surface area contributed by atoms with Gasteiger partial charge in [0.1, 0.15) is 17.7 Å². The Balaban J connectivity index is 1.42. The highest BCUT2D eigenvalue weighted by molar-refractivity contribution is 5.94. The number of amides is 1. The van der Waals surface area contributed by atoms with E-state index in [-0.39, 0.29) is 18.0 Å². The SMILES string of the molecule is CCCN(Cc1cc(-c2ccc3nc(C)[nH]c3c2)ccc1C)C(=O)C1=CC2C=CC=NC2N1C. The highest BCUT2D eigenvalue weighted by Gasteiger charge is 2.35. The maximum atomic E-state index is 13.6. The van der Waals surface area contributed by atoms with E-state index in [1.54, 1.807) is 0 Å². The maximum absolute atomic E-state index is 13.6. The molecule has 174 valence electrons. The monoisotopic (exact) mass is 453 g/mol. The molecule has 0 radical (unpaired) electrons. The molecule has 34 heavy (non-hydrogen) atoms. The first kappa shape index (κ1) is 22.1. The number of hydrogen-bond donors (Lipinski definition) is 1. The van der Waals surface area contributed by atoms with Crippen LogP contribution in [0.4, 0.5) is 0 Å². The summed E-state index contributed by atoms with van der Waals surface area (Å²) in [6, 6.07) is 12.8. The number of aliphatic imine (C=N–C) groups is 1. The summed E-state index contributed by atoms with van der Waals surface area (Å²) < 4.78 is 0. The summed E-state index contributed by atoms with van der Waals surface area (Å²) in [5.74, 6) is 1.14. The molecular weight excluding hydrogens is 422 g/mol. The van der Waals surface area contributed by atoms with E-state index in [0.29, 0.717) is 13.1 Å². The van der Waals surface area contributed by atoms with Gasteiger partial charge in [0.25, 0.3) is 5.91 Å². The van der Waals surface area contributed by atoms with Gasteiger partial charge < -0.3 is 14.8 Å². The number of hydrogen-bond acceptors (Lipinski definition) is 4. The number of likely N-dealkylation sites (N-methyl/N-ethyl adjacent to an activating group) is 1. The van der Waals surface area contributed by atoms with Crippen molar-refractivity contribution in [2.45, 2.75) is 39.9 Å². The summed E-state index contributed by atoms with van der Waals surface area (Å²) in [6.45, 7) is 7.49. The first-order valence-electron chi connectivity index (χ1n) is 11.9. The molecule has 3 aromatic rings. The molecule has 2 aromatic carbocycles. The normalized spacial score (nSPS) is 18.9. The molecule has 2 aliphatic heterocycles. The lowest BCUT2D eigenvalue weighted by atomic mass is 9.99. The van der Waals surface area contributed by atoms with Crippen LogP contribution in [0, 0.1) is 19.8 Å². The molecule has 2 atom stereocenters. The molecule has 0 saturated heterocycles. The molecule has 1 amide bonds. The zero-order valence-electron chi connectivity index (χ0n) is 20.2. The quantitative estimate of drug-likeness (QED) is 0.571. The van der Waals surface area contributed by atoms with Crippen LogP contribution in [-0.4, -0.2) is 51.6 Å². The molecule has 2 aliphatic rings. The lowest BCUT2D eigenvalue weighted by molar-refractivity contribution is -0.129. The number of nitrogens with zero attached hydrogens (tertiary/aromatic N) is 4. The molecule has 6 heteroatoms. The topological polar surface area (TPSA) is 64.6 Å². The predicted molar refractivity (Wildman–Crippen MR) is 137 cm³/mol. The lowest BCUT2D eigenvalue weighted by Crippen LogP contribution is -2.38. The Morgan fingerprint density at radius 1 is 1.15 bits per heavy atom. The molecule has 6 nitrogen and oxygen atoms in total. The number of benzene rings is 2. The van der Waals surface area contributed by atoms with Crippen LogP contribution in [0.5, 0.6) is 0 Å². The number of carbonyl (C=O) groups excluding carboxylic acids is 1. The van der Waals surface area contributed by atoms with Crippen LogP contribution in [0.1, 0.15) is 30.3 Å². The number of aryl methyl sites for hydroxylation is 2. The van der Waals surface area contributed by atoms with E-state index in [0.717, 1.165) is 45.7 Å². The molecule has 0 bridgehead atoms. The van der Waals surface area contributed by atoms with Gasteiger partial charge in [0.2, 0.25) is 0 Å². The molecule has 1 aromatic heterocycles. The van der Waals surface area contributed by atoms with E-state index in [2.05, 4.69) is 77.4 Å². The third kappa shape index (κ3) is 4.04. The third-order valence-corrected chi connectivity index (χ3v) is 6.77. The Kier molecular flexibility index (Phi) is 5.82. The highest BCUT2D eigenvalue weighted by atomic mass is 16.2. The van der Waals surface area contributed by atoms with Crippen molar-refractivity contribution in [1.82, 2.24) is 19.8 Å². The van der Waals surface area contributed by atoms with E-state index in [9.17, 15) is 4.79 Å². The van der Waals surface area contributed by atoms with Gasteiger partial charge in [-0.1, -0.05) is 31.2 Å². The van der Waals surface area contributed by atoms with Gasteiger partial charge in [0.15, 0.2) is 0 Å². The van der Waals surface area contributed by atoms with E-state index in [1.165, 1.54) is 5.56 Å². The Hall–Kier alpha value is -3.67. The standard InChI is InChI=1S/C28H31N5O/c1-5-13-33(28(34)26-16-22-7-6-12-29-27(22)32(26)4)17-23-14-20(9-8-18(23)2)21-10-11-24-25(15-21)31-19(3)30-24/h6-12,14-16,22,27H,5,13,17H2,1-4H3,(H,30,31). The highest BCUT2D eigenvalue weighted by Crippen LogP contribution is 2.31. The smallest absolute Gasteiger partial charge is 0.270 e. The fourth-order valence-electron chi connectivity index (χ4n) is 4.91. The van der Waals surface area contributed by atoms with E-state index < -0.39 is 0 Å². The summed E-state index contributed by atoms with van der Waals surface area (Å²) in [7, 11) is 1.97. The van der Waals surface area contributed by atoms with Crippen molar-refractivity contribution in [3.05, 3.63) is 77.3 Å². The molecule has 0 saturated carbocycles. The fraction of sp³-hybridized carbons (Fsp3) is 0.321. The minimum absolute atomic E-state index is 0.0153. The molecule has 0 fully saturated rings. The molecule has 5 rings (SSSR count). The van der Waals surface area contributed by atoms with Crippen molar-refractivity contribution in [3.63, 3.8) is 0 Å². The number of aromatic nitrogens is 2. The molecule has 1 N–H and O–H groups in total. The summed E-state index contributed by atoms with van der Waals surface area (Å²) in [4.78, 5) is 30.0. The largest absolute Gasteiger partial charge is 0.348 e. The first-order chi connectivity index (χ1) is 16.4. The Bertz CT molecular complexity index is 1330. The van der Waals surface area contributed by atoms with Crippen molar-refractivity contribution in [1.29, 1.82) is 0 Å². The Morgan fingerprint density at radius 3 is 2.74 bits per heavy atom. The number of allylic oxidation sites excluding steroid dienone is 1. The maximum Gasteiger partial charge on any atom is 0.270 e. The summed E-state index contributed by atoms with van der Waals surface area (Å²) >= 11 is 0. The summed E-state index contributed by atoms with van der Waals surface area (Å²) in [6.07, 6.45) is 8.84. The van der Waals surface area contributed by atoms with Crippen molar-refractivity contribution >= 4 is 23.2 Å². The van der Waals surface area contributed by atoms with Gasteiger partial charge in [-0.2, -0.15) is 0 Å². The average Bonchev–Trinajstić information content (AvgIpc) is 3.38. The number of dihydropyridines is 1. The zero-order valence-corrected chi connectivity index (χ0v) is 20.2. The minimum Gasteiger partial charge on any atom is -0.348 e. The van der Waals surface area contributed by atoms with Gasteiger partial charge in [-0.05, 0) is 72.9 Å². The van der Waals surface area contributed by atoms with Crippen molar-refractivity contribution in [2.75, 3.05) is 13.6 Å². The summed E-state index contributed by atoms with van der Waals surface area (Å²) in [5, 5.41) is 0. The van der Waals surface area contributed by atoms with Crippen molar-refractivity contribution < 1.29 is 4.79 Å². The second kappa shape index (κ2) is 8.93. The van der Waals surface area contributed by atoms with Crippen LogP contribution >= 0.6 is 0 Å². The number of carbonyl (C=O) groups is 1. The fourth-order valence-corrected chi connectivity index (χ4v) is 4.91. The van der Waals surface area contributed by atoms with Gasteiger partial charge >= 0.3 is 0 Å². The van der Waals surface area contributed by atoms with Crippen LogP contribution in [0.25, 0.3) is 22.2 Å². The number of H-pyrrole nitrogens is 1. The lowest BCUT2D eigenvalue weighted by Gasteiger charge is -2.29. The zero-order chi connectivity index (χ0) is 23.8. The van der Waals surface area contributed by atoms with E-state index in [4.69, 9.17) is 0 Å². The van der Waals surface area contributed by atoms with Gasteiger partial charge in [0, 0.05) is 32.3 Å². The van der Waals surface area contributed by atoms with Crippen LogP contribution < -0.4 is 0 Å². The second-order valence-electron chi connectivity index (χ2n) is 9.26. The van der Waals surface area contributed by atoms with Crippen molar-refractivity contribution in [3.8, 4) is 11.1 Å². The van der Waals surface area contributed by atoms with Crippen LogP contribution in [0.2, 0.25) is 0 Å². The molecule has 0 aliphatic carbocycles. The van der Waals surface area contributed by atoms with Crippen LogP contribution in [0.15, 0.2) is 65.3 Å². The number of aromatic amines is 1. The molecular formula is C28H31N5O. The van der Waals surface area contributed by atoms with Gasteiger partial charge in [-0.3, -0.25) is 9.79 Å². The third-order valence-electron chi connectivity index (χ3n) is 6.77. The number of rotatable bonds is 6. The average molecular weight is 454 g/mol.